The number of sulfonamides is 1. The lowest BCUT2D eigenvalue weighted by Crippen LogP contribution is -2.50. The number of ether oxygens (including phenoxy) is 1. The van der Waals surface area contributed by atoms with E-state index in [9.17, 15) is 13.2 Å². The highest BCUT2D eigenvalue weighted by molar-refractivity contribution is 7.91. The van der Waals surface area contributed by atoms with Gasteiger partial charge in [0.1, 0.15) is 10.8 Å². The molecule has 0 spiro atoms. The lowest BCUT2D eigenvalue weighted by molar-refractivity contribution is -0.129. The third kappa shape index (κ3) is 3.84. The lowest BCUT2D eigenvalue weighted by atomic mass is 10.2. The minimum atomic E-state index is -3.53. The zero-order valence-electron chi connectivity index (χ0n) is 13.1. The maximum atomic E-state index is 12.2. The number of carbonyl (C=O) groups is 1. The number of hydrogen-bond acceptors (Lipinski definition) is 5. The van der Waals surface area contributed by atoms with Crippen molar-refractivity contribution in [1.29, 1.82) is 0 Å². The quantitative estimate of drug-likeness (QED) is 0.875. The standard InChI is InChI=1S/C16H18N2O4S2/c1-12-4-6-13(7-5-12)18-10-14(22-11-15(18)19)9-17-24(20,21)16-3-2-8-23-16/h2-8,14,17H,9-11H2,1H3. The minimum Gasteiger partial charge on any atom is -0.365 e. The summed E-state index contributed by atoms with van der Waals surface area (Å²) < 4.78 is 32.6. The van der Waals surface area contributed by atoms with Crippen molar-refractivity contribution in [2.24, 2.45) is 0 Å². The number of thiophene rings is 1. The van der Waals surface area contributed by atoms with Crippen molar-refractivity contribution >= 4 is 33.0 Å². The van der Waals surface area contributed by atoms with E-state index in [-0.39, 0.29) is 23.3 Å². The number of morpholine rings is 1. The first-order valence-corrected chi connectivity index (χ1v) is 9.84. The van der Waals surface area contributed by atoms with Crippen LogP contribution in [0, 0.1) is 6.92 Å². The number of amides is 1. The number of nitrogens with zero attached hydrogens (tertiary/aromatic N) is 1. The average molecular weight is 366 g/mol. The Bertz CT molecular complexity index is 801. The van der Waals surface area contributed by atoms with Gasteiger partial charge in [0.25, 0.3) is 5.91 Å². The third-order valence-corrected chi connectivity index (χ3v) is 6.56. The molecule has 128 valence electrons. The van der Waals surface area contributed by atoms with Gasteiger partial charge >= 0.3 is 0 Å². The number of nitrogens with one attached hydrogen (secondary N) is 1. The maximum Gasteiger partial charge on any atom is 0.253 e. The van der Waals surface area contributed by atoms with Crippen molar-refractivity contribution in [3.63, 3.8) is 0 Å². The zero-order valence-corrected chi connectivity index (χ0v) is 14.8. The lowest BCUT2D eigenvalue weighted by Gasteiger charge is -2.32. The molecule has 6 nitrogen and oxygen atoms in total. The largest absolute Gasteiger partial charge is 0.365 e. The third-order valence-electron chi connectivity index (χ3n) is 3.74. The van der Waals surface area contributed by atoms with E-state index in [0.29, 0.717) is 6.54 Å². The second kappa shape index (κ2) is 7.02. The predicted octanol–water partition coefficient (Wildman–Crippen LogP) is 1.77. The van der Waals surface area contributed by atoms with E-state index in [2.05, 4.69) is 4.72 Å². The van der Waals surface area contributed by atoms with Crippen molar-refractivity contribution in [1.82, 2.24) is 4.72 Å². The summed E-state index contributed by atoms with van der Waals surface area (Å²) in [7, 11) is -3.53. The minimum absolute atomic E-state index is 0.0563. The van der Waals surface area contributed by atoms with Crippen LogP contribution in [0.15, 0.2) is 46.0 Å². The highest BCUT2D eigenvalue weighted by Gasteiger charge is 2.28. The SMILES string of the molecule is Cc1ccc(N2CC(CNS(=O)(=O)c3cccs3)OCC2=O)cc1. The zero-order chi connectivity index (χ0) is 17.2. The molecule has 0 bridgehead atoms. The summed E-state index contributed by atoms with van der Waals surface area (Å²) in [5, 5.41) is 1.71. The smallest absolute Gasteiger partial charge is 0.253 e. The summed E-state index contributed by atoms with van der Waals surface area (Å²) >= 11 is 1.16. The molecule has 0 saturated carbocycles. The molecule has 8 heteroatoms. The van der Waals surface area contributed by atoms with Gasteiger partial charge in [-0.1, -0.05) is 23.8 Å². The van der Waals surface area contributed by atoms with Crippen molar-refractivity contribution in [3.05, 3.63) is 47.3 Å². The van der Waals surface area contributed by atoms with Crippen LogP contribution in [-0.4, -0.2) is 40.1 Å². The van der Waals surface area contributed by atoms with Gasteiger partial charge in [-0.25, -0.2) is 13.1 Å². The van der Waals surface area contributed by atoms with E-state index in [1.54, 1.807) is 22.4 Å². The summed E-state index contributed by atoms with van der Waals surface area (Å²) in [5.41, 5.74) is 1.90. The van der Waals surface area contributed by atoms with E-state index < -0.39 is 16.1 Å². The van der Waals surface area contributed by atoms with Crippen LogP contribution in [0.1, 0.15) is 5.56 Å². The number of hydrogen-bond donors (Lipinski definition) is 1. The highest BCUT2D eigenvalue weighted by atomic mass is 32.2. The van der Waals surface area contributed by atoms with Gasteiger partial charge in [0.05, 0.1) is 12.6 Å². The topological polar surface area (TPSA) is 75.7 Å². The Morgan fingerprint density at radius 2 is 2.04 bits per heavy atom. The first-order valence-electron chi connectivity index (χ1n) is 7.47. The first kappa shape index (κ1) is 17.1. The molecule has 2 aromatic rings. The average Bonchev–Trinajstić information content (AvgIpc) is 3.10. The molecule has 1 amide bonds. The molecule has 2 heterocycles. The van der Waals surface area contributed by atoms with E-state index in [0.717, 1.165) is 22.6 Å². The molecule has 1 aromatic heterocycles. The fourth-order valence-electron chi connectivity index (χ4n) is 2.41. The summed E-state index contributed by atoms with van der Waals surface area (Å²) in [5.74, 6) is -0.129. The van der Waals surface area contributed by atoms with Gasteiger partial charge < -0.3 is 9.64 Å². The second-order valence-electron chi connectivity index (χ2n) is 5.56. The molecule has 0 radical (unpaired) electrons. The van der Waals surface area contributed by atoms with Crippen LogP contribution in [0.25, 0.3) is 0 Å². The van der Waals surface area contributed by atoms with Crippen LogP contribution < -0.4 is 9.62 Å². The molecular formula is C16H18N2O4S2. The van der Waals surface area contributed by atoms with E-state index in [4.69, 9.17) is 4.74 Å². The Hall–Kier alpha value is -1.74. The molecule has 1 aliphatic heterocycles. The molecule has 1 aromatic carbocycles. The molecule has 0 aliphatic carbocycles. The first-order chi connectivity index (χ1) is 11.5. The van der Waals surface area contributed by atoms with Crippen LogP contribution >= 0.6 is 11.3 Å². The number of rotatable bonds is 5. The van der Waals surface area contributed by atoms with Gasteiger partial charge in [-0.05, 0) is 30.5 Å². The van der Waals surface area contributed by atoms with Crippen LogP contribution in [-0.2, 0) is 19.6 Å². The molecule has 1 aliphatic rings. The highest BCUT2D eigenvalue weighted by Crippen LogP contribution is 2.20. The van der Waals surface area contributed by atoms with Gasteiger partial charge in [0.15, 0.2) is 0 Å². The van der Waals surface area contributed by atoms with Gasteiger partial charge in [-0.2, -0.15) is 0 Å². The Morgan fingerprint density at radius 1 is 1.29 bits per heavy atom. The summed E-state index contributed by atoms with van der Waals surface area (Å²) in [6.45, 7) is 2.36. The number of carbonyl (C=O) groups excluding carboxylic acids is 1. The van der Waals surface area contributed by atoms with Crippen LogP contribution in [0.5, 0.6) is 0 Å². The van der Waals surface area contributed by atoms with Crippen LogP contribution in [0.4, 0.5) is 5.69 Å². The Labute approximate surface area is 145 Å². The van der Waals surface area contributed by atoms with Gasteiger partial charge in [-0.3, -0.25) is 4.79 Å². The number of aryl methyl sites for hydroxylation is 1. The molecular weight excluding hydrogens is 348 g/mol. The van der Waals surface area contributed by atoms with E-state index in [1.165, 1.54) is 0 Å². The van der Waals surface area contributed by atoms with Crippen molar-refractivity contribution in [3.8, 4) is 0 Å². The summed E-state index contributed by atoms with van der Waals surface area (Å²) in [4.78, 5) is 13.7. The van der Waals surface area contributed by atoms with Crippen molar-refractivity contribution < 1.29 is 17.9 Å². The fourth-order valence-corrected chi connectivity index (χ4v) is 4.52. The Balaban J connectivity index is 1.65. The van der Waals surface area contributed by atoms with Gasteiger partial charge in [0, 0.05) is 12.2 Å². The molecule has 1 unspecified atom stereocenters. The van der Waals surface area contributed by atoms with Crippen LogP contribution in [0.2, 0.25) is 0 Å². The molecule has 24 heavy (non-hydrogen) atoms. The monoisotopic (exact) mass is 366 g/mol. The number of anilines is 1. The maximum absolute atomic E-state index is 12.2. The predicted molar refractivity (Wildman–Crippen MR) is 92.8 cm³/mol. The van der Waals surface area contributed by atoms with Crippen molar-refractivity contribution in [2.75, 3.05) is 24.6 Å². The summed E-state index contributed by atoms with van der Waals surface area (Å²) in [6.07, 6.45) is -0.390. The molecule has 3 rings (SSSR count). The molecule has 1 atom stereocenters. The molecule has 1 fully saturated rings. The van der Waals surface area contributed by atoms with Crippen LogP contribution in [0.3, 0.4) is 0 Å². The Morgan fingerprint density at radius 3 is 2.71 bits per heavy atom. The summed E-state index contributed by atoms with van der Waals surface area (Å²) in [6, 6.07) is 10.9. The second-order valence-corrected chi connectivity index (χ2v) is 8.50. The fraction of sp³-hybridized carbons (Fsp3) is 0.312. The van der Waals surface area contributed by atoms with Gasteiger partial charge in [-0.15, -0.1) is 11.3 Å². The molecule has 1 N–H and O–H groups in total. The number of benzene rings is 1. The van der Waals surface area contributed by atoms with E-state index in [1.807, 2.05) is 31.2 Å². The van der Waals surface area contributed by atoms with Gasteiger partial charge in [0.2, 0.25) is 10.0 Å². The molecule has 1 saturated heterocycles. The van der Waals surface area contributed by atoms with Crippen molar-refractivity contribution in [2.45, 2.75) is 17.2 Å². The normalized spacial score (nSPS) is 18.8. The van der Waals surface area contributed by atoms with E-state index >= 15 is 0 Å². The Kier molecular flexibility index (Phi) is 5.00.